The number of nitrogens with two attached hydrogens (primary N) is 1. The number of thiophene rings is 1. The third-order valence-corrected chi connectivity index (χ3v) is 6.77. The van der Waals surface area contributed by atoms with Gasteiger partial charge in [0.2, 0.25) is 11.7 Å². The number of amides is 1. The summed E-state index contributed by atoms with van der Waals surface area (Å²) in [4.78, 5) is 41.1. The van der Waals surface area contributed by atoms with Gasteiger partial charge >= 0.3 is 5.97 Å². The predicted octanol–water partition coefficient (Wildman–Crippen LogP) is 2.91. The number of ether oxygens (including phenoxy) is 1. The summed E-state index contributed by atoms with van der Waals surface area (Å²) < 4.78 is 5.33. The minimum Gasteiger partial charge on any atom is -0.479 e. The number of carboxylic acids is 1. The lowest BCUT2D eigenvalue weighted by atomic mass is 9.81. The summed E-state index contributed by atoms with van der Waals surface area (Å²) >= 11 is 1.69. The number of carbonyl (C=O) groups is 3. The molecule has 1 amide bonds. The van der Waals surface area contributed by atoms with E-state index in [1.807, 2.05) is 24.4 Å². The maximum absolute atomic E-state index is 12.9. The van der Waals surface area contributed by atoms with Crippen LogP contribution in [0.4, 0.5) is 0 Å². The van der Waals surface area contributed by atoms with Gasteiger partial charge in [-0.05, 0) is 37.6 Å². The highest BCUT2D eigenvalue weighted by Crippen LogP contribution is 2.40. The first kappa shape index (κ1) is 25.1. The third kappa shape index (κ3) is 5.69. The van der Waals surface area contributed by atoms with Crippen molar-refractivity contribution in [2.45, 2.75) is 45.1 Å². The van der Waals surface area contributed by atoms with Gasteiger partial charge < -0.3 is 20.9 Å². The highest BCUT2D eigenvalue weighted by Gasteiger charge is 2.41. The number of amidine groups is 1. The second-order valence-corrected chi connectivity index (χ2v) is 9.09. The average molecular weight is 485 g/mol. The molecular weight excluding hydrogens is 456 g/mol. The zero-order valence-corrected chi connectivity index (χ0v) is 19.9. The number of allylic oxidation sites excluding steroid dienone is 3. The first-order valence-corrected chi connectivity index (χ1v) is 11.8. The molecule has 3 rings (SSSR count). The molecule has 5 N–H and O–H groups in total. The van der Waals surface area contributed by atoms with Crippen LogP contribution in [-0.2, 0) is 19.1 Å². The second kappa shape index (κ2) is 11.1. The number of aliphatic imine (C=N–C) groups is 1. The molecule has 0 radical (unpaired) electrons. The van der Waals surface area contributed by atoms with E-state index in [1.165, 1.54) is 17.4 Å². The van der Waals surface area contributed by atoms with E-state index in [0.29, 0.717) is 12.8 Å². The van der Waals surface area contributed by atoms with Gasteiger partial charge in [-0.2, -0.15) is 4.99 Å². The van der Waals surface area contributed by atoms with E-state index in [9.17, 15) is 14.4 Å². The van der Waals surface area contributed by atoms with Gasteiger partial charge in [0.25, 0.3) is 5.91 Å². The first-order valence-electron chi connectivity index (χ1n) is 11.0. The quantitative estimate of drug-likeness (QED) is 0.240. The lowest BCUT2D eigenvalue weighted by Crippen LogP contribution is -2.33. The number of hydrogen-bond donors (Lipinski definition) is 4. The van der Waals surface area contributed by atoms with Gasteiger partial charge in [-0.25, -0.2) is 4.79 Å². The second-order valence-electron chi connectivity index (χ2n) is 8.11. The summed E-state index contributed by atoms with van der Waals surface area (Å²) in [6.07, 6.45) is 8.19. The number of rotatable bonds is 9. The van der Waals surface area contributed by atoms with Crippen LogP contribution in [0.2, 0.25) is 0 Å². The van der Waals surface area contributed by atoms with Crippen molar-refractivity contribution in [3.05, 3.63) is 57.5 Å². The van der Waals surface area contributed by atoms with Crippen LogP contribution < -0.4 is 11.1 Å². The molecule has 1 aliphatic heterocycles. The fourth-order valence-electron chi connectivity index (χ4n) is 4.39. The van der Waals surface area contributed by atoms with Gasteiger partial charge in [0.15, 0.2) is 6.61 Å². The van der Waals surface area contributed by atoms with E-state index < -0.39 is 24.3 Å². The van der Waals surface area contributed by atoms with Gasteiger partial charge in [-0.1, -0.05) is 36.8 Å². The van der Waals surface area contributed by atoms with Crippen LogP contribution in [0.1, 0.15) is 43.9 Å². The molecule has 180 valence electrons. The van der Waals surface area contributed by atoms with Crippen molar-refractivity contribution in [2.75, 3.05) is 6.61 Å². The zero-order valence-electron chi connectivity index (χ0n) is 19.0. The molecule has 0 saturated carbocycles. The maximum Gasteiger partial charge on any atom is 0.341 e. The Kier molecular flexibility index (Phi) is 8.17. The fourth-order valence-corrected chi connectivity index (χ4v) is 5.28. The molecule has 34 heavy (non-hydrogen) atoms. The molecule has 3 unspecified atom stereocenters. The number of carboxylic acid groups (broad SMARTS) is 1. The van der Waals surface area contributed by atoms with Crippen LogP contribution in [0, 0.1) is 11.3 Å². The van der Waals surface area contributed by atoms with Crippen molar-refractivity contribution >= 4 is 40.7 Å². The number of hydrogen-bond acceptors (Lipinski definition) is 7. The molecule has 1 aliphatic carbocycles. The van der Waals surface area contributed by atoms with Gasteiger partial charge in [-0.15, -0.1) is 11.3 Å². The maximum atomic E-state index is 12.9. The van der Waals surface area contributed by atoms with E-state index in [1.54, 1.807) is 11.3 Å². The molecule has 0 saturated heterocycles. The van der Waals surface area contributed by atoms with Crippen LogP contribution >= 0.6 is 11.3 Å². The molecular formula is C24H28N4O5S. The summed E-state index contributed by atoms with van der Waals surface area (Å²) in [5, 5.41) is 22.1. The van der Waals surface area contributed by atoms with Crippen LogP contribution in [0.5, 0.6) is 0 Å². The van der Waals surface area contributed by atoms with E-state index in [2.05, 4.69) is 28.5 Å². The SMILES string of the molecule is CCC1C(C(=O)C(N)=O)=C(C(=NC(C)=N)OCC(=O)O)NC1CC1=CC=CCC1c1cccs1. The molecule has 3 atom stereocenters. The topological polar surface area (TPSA) is 155 Å². The van der Waals surface area contributed by atoms with E-state index >= 15 is 0 Å². The van der Waals surface area contributed by atoms with Crippen molar-refractivity contribution in [3.8, 4) is 0 Å². The Bertz CT molecular complexity index is 1100. The molecule has 0 bridgehead atoms. The van der Waals surface area contributed by atoms with Crippen molar-refractivity contribution in [1.29, 1.82) is 5.41 Å². The Morgan fingerprint density at radius 2 is 2.15 bits per heavy atom. The van der Waals surface area contributed by atoms with E-state index in [4.69, 9.17) is 21.0 Å². The number of aliphatic carboxylic acids is 1. The smallest absolute Gasteiger partial charge is 0.341 e. The Morgan fingerprint density at radius 3 is 2.74 bits per heavy atom. The lowest BCUT2D eigenvalue weighted by Gasteiger charge is -2.27. The number of ketones is 1. The molecule has 1 aromatic heterocycles. The molecule has 2 aliphatic rings. The van der Waals surface area contributed by atoms with Crippen LogP contribution in [0.3, 0.4) is 0 Å². The van der Waals surface area contributed by atoms with Crippen LogP contribution in [0.25, 0.3) is 0 Å². The van der Waals surface area contributed by atoms with Crippen molar-refractivity contribution < 1.29 is 24.2 Å². The molecule has 0 aromatic carbocycles. The number of Topliss-reactive ketones (excluding diaryl/α,β-unsaturated/α-hetero) is 1. The van der Waals surface area contributed by atoms with Crippen molar-refractivity contribution in [2.24, 2.45) is 16.6 Å². The zero-order chi connectivity index (χ0) is 24.8. The minimum absolute atomic E-state index is 0.116. The highest BCUT2D eigenvalue weighted by molar-refractivity contribution is 7.10. The van der Waals surface area contributed by atoms with Crippen molar-refractivity contribution in [1.82, 2.24) is 5.32 Å². The summed E-state index contributed by atoms with van der Waals surface area (Å²) in [5.41, 5.74) is 6.76. The first-order chi connectivity index (χ1) is 16.2. The minimum atomic E-state index is -1.24. The molecule has 1 aromatic rings. The number of primary amides is 1. The largest absolute Gasteiger partial charge is 0.479 e. The summed E-state index contributed by atoms with van der Waals surface area (Å²) in [7, 11) is 0. The van der Waals surface area contributed by atoms with Crippen molar-refractivity contribution in [3.63, 3.8) is 0 Å². The van der Waals surface area contributed by atoms with Gasteiger partial charge in [0, 0.05) is 28.3 Å². The Hall–Kier alpha value is -3.53. The van der Waals surface area contributed by atoms with Crippen LogP contribution in [-0.4, -0.2) is 47.1 Å². The number of nitrogens with zero attached hydrogens (tertiary/aromatic N) is 1. The predicted molar refractivity (Wildman–Crippen MR) is 130 cm³/mol. The molecule has 10 heteroatoms. The lowest BCUT2D eigenvalue weighted by molar-refractivity contribution is -0.139. The monoisotopic (exact) mass is 484 g/mol. The van der Waals surface area contributed by atoms with Gasteiger partial charge in [-0.3, -0.25) is 15.0 Å². The molecule has 9 nitrogen and oxygen atoms in total. The Labute approximate surface area is 201 Å². The van der Waals surface area contributed by atoms with Gasteiger partial charge in [0.05, 0.1) is 0 Å². The Balaban J connectivity index is 1.99. The standard InChI is InChI=1S/C24H28N4O5S/c1-3-15-17(11-14-7-4-5-8-16(14)18-9-6-10-34-18)28-21(20(15)22(31)23(26)32)24(27-13(2)25)33-12-19(29)30/h4-7,9-10,15-17,25,28H,3,8,11-12H2,1-2H3,(H2,26,32)(H,29,30). The summed E-state index contributed by atoms with van der Waals surface area (Å²) in [5.74, 6) is -3.76. The van der Waals surface area contributed by atoms with E-state index in [0.717, 1.165) is 6.42 Å². The molecule has 0 spiro atoms. The average Bonchev–Trinajstić information content (AvgIpc) is 3.44. The Morgan fingerprint density at radius 1 is 1.38 bits per heavy atom. The van der Waals surface area contributed by atoms with Crippen LogP contribution in [0.15, 0.2) is 57.6 Å². The molecule has 2 heterocycles. The summed E-state index contributed by atoms with van der Waals surface area (Å²) in [6, 6.07) is 3.85. The third-order valence-electron chi connectivity index (χ3n) is 5.79. The summed E-state index contributed by atoms with van der Waals surface area (Å²) in [6.45, 7) is 2.58. The normalized spacial score (nSPS) is 22.2. The highest BCUT2D eigenvalue weighted by atomic mass is 32.1. The number of nitrogens with one attached hydrogen (secondary N) is 2. The molecule has 0 fully saturated rings. The van der Waals surface area contributed by atoms with Gasteiger partial charge in [0.1, 0.15) is 11.5 Å². The van der Waals surface area contributed by atoms with E-state index in [-0.39, 0.29) is 40.9 Å². The number of carbonyl (C=O) groups excluding carboxylic acids is 2. The fraction of sp³-hybridized carbons (Fsp3) is 0.375.